The van der Waals surface area contributed by atoms with E-state index in [2.05, 4.69) is 39.8 Å². The first-order valence-electron chi connectivity index (χ1n) is 10.7. The van der Waals surface area contributed by atoms with Crippen LogP contribution in [0.1, 0.15) is 18.4 Å². The topological polar surface area (TPSA) is 73.9 Å². The minimum absolute atomic E-state index is 0.0433. The van der Waals surface area contributed by atoms with Gasteiger partial charge in [-0.3, -0.25) is 19.4 Å². The van der Waals surface area contributed by atoms with Crippen LogP contribution in [0.5, 0.6) is 5.75 Å². The maximum atomic E-state index is 12.4. The van der Waals surface area contributed by atoms with E-state index in [9.17, 15) is 9.59 Å². The van der Waals surface area contributed by atoms with Gasteiger partial charge in [0.1, 0.15) is 5.75 Å². The highest BCUT2D eigenvalue weighted by Crippen LogP contribution is 2.16. The number of carbonyl (C=O) groups is 2. The Morgan fingerprint density at radius 2 is 1.74 bits per heavy atom. The van der Waals surface area contributed by atoms with Gasteiger partial charge in [-0.2, -0.15) is 0 Å². The number of amides is 2. The molecule has 0 spiro atoms. The highest BCUT2D eigenvalue weighted by atomic mass is 16.5. The molecule has 1 saturated heterocycles. The van der Waals surface area contributed by atoms with Crippen molar-refractivity contribution >= 4 is 17.5 Å². The number of piperidine rings is 1. The normalized spacial score (nSPS) is 14.9. The van der Waals surface area contributed by atoms with Crippen molar-refractivity contribution in [1.82, 2.24) is 15.1 Å². The number of anilines is 1. The van der Waals surface area contributed by atoms with E-state index in [1.807, 2.05) is 18.2 Å². The number of likely N-dealkylation sites (N-methyl/N-ethyl adjacent to an activating group) is 1. The van der Waals surface area contributed by atoms with Crippen molar-refractivity contribution in [2.24, 2.45) is 0 Å². The first kappa shape index (κ1) is 22.8. The second-order valence-corrected chi connectivity index (χ2v) is 8.06. The molecule has 2 aromatic rings. The lowest BCUT2D eigenvalue weighted by molar-refractivity contribution is -0.123. The fourth-order valence-corrected chi connectivity index (χ4v) is 3.80. The maximum absolute atomic E-state index is 12.4. The second-order valence-electron chi connectivity index (χ2n) is 8.06. The number of methoxy groups -OCH3 is 1. The lowest BCUT2D eigenvalue weighted by Crippen LogP contribution is -2.47. The quantitative estimate of drug-likeness (QED) is 0.647. The summed E-state index contributed by atoms with van der Waals surface area (Å²) in [6.07, 6.45) is 1.89. The van der Waals surface area contributed by atoms with Crippen LogP contribution >= 0.6 is 0 Å². The number of hydrogen-bond acceptors (Lipinski definition) is 5. The summed E-state index contributed by atoms with van der Waals surface area (Å²) >= 11 is 0. The van der Waals surface area contributed by atoms with Gasteiger partial charge >= 0.3 is 0 Å². The summed E-state index contributed by atoms with van der Waals surface area (Å²) < 4.78 is 5.16. The number of nitrogens with zero attached hydrogens (tertiary/aromatic N) is 2. The van der Waals surface area contributed by atoms with Crippen molar-refractivity contribution in [3.8, 4) is 5.75 Å². The fraction of sp³-hybridized carbons (Fsp3) is 0.417. The van der Waals surface area contributed by atoms with Gasteiger partial charge in [-0.1, -0.05) is 36.4 Å². The molecule has 7 nitrogen and oxygen atoms in total. The van der Waals surface area contributed by atoms with Gasteiger partial charge in [0, 0.05) is 37.4 Å². The molecule has 0 atom stereocenters. The van der Waals surface area contributed by atoms with E-state index in [0.29, 0.717) is 11.4 Å². The molecule has 31 heavy (non-hydrogen) atoms. The summed E-state index contributed by atoms with van der Waals surface area (Å²) in [6.45, 7) is 3.22. The predicted molar refractivity (Wildman–Crippen MR) is 122 cm³/mol. The van der Waals surface area contributed by atoms with Gasteiger partial charge in [0.15, 0.2) is 0 Å². The van der Waals surface area contributed by atoms with Gasteiger partial charge in [-0.15, -0.1) is 0 Å². The molecule has 0 unspecified atom stereocenters. The minimum Gasteiger partial charge on any atom is -0.497 e. The second kappa shape index (κ2) is 11.5. The van der Waals surface area contributed by atoms with Crippen LogP contribution in [-0.4, -0.2) is 68.0 Å². The average Bonchev–Trinajstić information content (AvgIpc) is 2.75. The van der Waals surface area contributed by atoms with Gasteiger partial charge in [0.2, 0.25) is 11.8 Å². The molecule has 1 fully saturated rings. The van der Waals surface area contributed by atoms with E-state index < -0.39 is 0 Å². The Kier molecular flexibility index (Phi) is 8.44. The summed E-state index contributed by atoms with van der Waals surface area (Å²) in [4.78, 5) is 28.8. The number of ether oxygens (including phenoxy) is 1. The number of benzene rings is 2. The third-order valence-corrected chi connectivity index (χ3v) is 5.38. The molecule has 2 amide bonds. The molecule has 3 rings (SSSR count). The third kappa shape index (κ3) is 7.70. The molecular formula is C24H32N4O3. The minimum atomic E-state index is -0.169. The fourth-order valence-electron chi connectivity index (χ4n) is 3.80. The van der Waals surface area contributed by atoms with E-state index >= 15 is 0 Å². The van der Waals surface area contributed by atoms with E-state index in [0.717, 1.165) is 32.5 Å². The summed E-state index contributed by atoms with van der Waals surface area (Å²) in [5.41, 5.74) is 1.99. The summed E-state index contributed by atoms with van der Waals surface area (Å²) in [5, 5.41) is 5.95. The molecule has 1 aliphatic rings. The summed E-state index contributed by atoms with van der Waals surface area (Å²) in [5.74, 6) is 0.469. The van der Waals surface area contributed by atoms with Gasteiger partial charge < -0.3 is 15.4 Å². The zero-order chi connectivity index (χ0) is 22.1. The Morgan fingerprint density at radius 1 is 1.03 bits per heavy atom. The maximum Gasteiger partial charge on any atom is 0.238 e. The van der Waals surface area contributed by atoms with E-state index in [4.69, 9.17) is 4.74 Å². The van der Waals surface area contributed by atoms with Crippen molar-refractivity contribution in [2.45, 2.75) is 25.4 Å². The molecule has 2 aromatic carbocycles. The first-order valence-corrected chi connectivity index (χ1v) is 10.7. The van der Waals surface area contributed by atoms with Crippen LogP contribution < -0.4 is 15.4 Å². The molecule has 0 saturated carbocycles. The molecule has 0 bridgehead atoms. The molecule has 2 N–H and O–H groups in total. The first-order chi connectivity index (χ1) is 15.0. The molecule has 0 aromatic heterocycles. The van der Waals surface area contributed by atoms with Crippen LogP contribution in [0.4, 0.5) is 5.69 Å². The van der Waals surface area contributed by atoms with Crippen molar-refractivity contribution in [3.63, 3.8) is 0 Å². The van der Waals surface area contributed by atoms with Crippen LogP contribution in [0.25, 0.3) is 0 Å². The van der Waals surface area contributed by atoms with Crippen LogP contribution in [0.3, 0.4) is 0 Å². The van der Waals surface area contributed by atoms with Crippen LogP contribution in [0.15, 0.2) is 54.6 Å². The average molecular weight is 425 g/mol. The molecule has 0 radical (unpaired) electrons. The molecule has 7 heteroatoms. The Labute approximate surface area is 184 Å². The van der Waals surface area contributed by atoms with Crippen molar-refractivity contribution in [1.29, 1.82) is 0 Å². The zero-order valence-corrected chi connectivity index (χ0v) is 18.3. The van der Waals surface area contributed by atoms with Gasteiger partial charge in [0.25, 0.3) is 0 Å². The number of likely N-dealkylation sites (tertiary alicyclic amines) is 1. The molecular weight excluding hydrogens is 392 g/mol. The Hall–Kier alpha value is -2.90. The lowest BCUT2D eigenvalue weighted by Gasteiger charge is -2.32. The van der Waals surface area contributed by atoms with Crippen LogP contribution in [-0.2, 0) is 16.1 Å². The van der Waals surface area contributed by atoms with Crippen LogP contribution in [0, 0.1) is 0 Å². The summed E-state index contributed by atoms with van der Waals surface area (Å²) in [7, 11) is 3.35. The Morgan fingerprint density at radius 3 is 2.45 bits per heavy atom. The Bertz CT molecular complexity index is 851. The van der Waals surface area contributed by atoms with Gasteiger partial charge in [-0.25, -0.2) is 0 Å². The highest BCUT2D eigenvalue weighted by Gasteiger charge is 2.21. The zero-order valence-electron chi connectivity index (χ0n) is 18.3. The molecule has 166 valence electrons. The van der Waals surface area contributed by atoms with Crippen molar-refractivity contribution in [2.75, 3.05) is 45.7 Å². The predicted octanol–water partition coefficient (Wildman–Crippen LogP) is 2.35. The molecule has 0 aliphatic carbocycles. The number of rotatable bonds is 9. The number of hydrogen-bond donors (Lipinski definition) is 2. The van der Waals surface area contributed by atoms with Crippen molar-refractivity contribution < 1.29 is 14.3 Å². The summed E-state index contributed by atoms with van der Waals surface area (Å²) in [6, 6.07) is 17.8. The Balaban J connectivity index is 1.35. The van der Waals surface area contributed by atoms with E-state index in [-0.39, 0.29) is 30.9 Å². The van der Waals surface area contributed by atoms with Crippen molar-refractivity contribution in [3.05, 3.63) is 60.2 Å². The SMILES string of the molecule is COc1cccc(NC(=O)CN(C)CC(=O)NC2CCN(Cc3ccccc3)CC2)c1. The monoisotopic (exact) mass is 424 g/mol. The molecule has 1 aliphatic heterocycles. The van der Waals surface area contributed by atoms with Crippen LogP contribution in [0.2, 0.25) is 0 Å². The molecule has 1 heterocycles. The van der Waals surface area contributed by atoms with E-state index in [1.54, 1.807) is 31.2 Å². The number of carbonyl (C=O) groups excluding carboxylic acids is 2. The standard InChI is InChI=1S/C24H32N4O3/c1-27(18-24(30)26-21-9-6-10-22(15-21)31-2)17-23(29)25-20-11-13-28(14-12-20)16-19-7-4-3-5-8-19/h3-10,15,20H,11-14,16-18H2,1-2H3,(H,25,29)(H,26,30). The smallest absolute Gasteiger partial charge is 0.238 e. The van der Waals surface area contributed by atoms with Gasteiger partial charge in [-0.05, 0) is 37.6 Å². The van der Waals surface area contributed by atoms with E-state index in [1.165, 1.54) is 5.56 Å². The highest BCUT2D eigenvalue weighted by molar-refractivity contribution is 5.92. The largest absolute Gasteiger partial charge is 0.497 e. The van der Waals surface area contributed by atoms with Gasteiger partial charge in [0.05, 0.1) is 20.2 Å². The number of nitrogens with one attached hydrogen (secondary N) is 2. The third-order valence-electron chi connectivity index (χ3n) is 5.38. The lowest BCUT2D eigenvalue weighted by atomic mass is 10.0.